The van der Waals surface area contributed by atoms with Crippen LogP contribution < -0.4 is 9.47 Å². The maximum Gasteiger partial charge on any atom is 0.119 e. The Hall–Kier alpha value is -1.96. The molecule has 0 saturated heterocycles. The van der Waals surface area contributed by atoms with Gasteiger partial charge in [0.05, 0.1) is 13.2 Å². The maximum absolute atomic E-state index is 5.80. The number of hydrogen-bond acceptors (Lipinski definition) is 2. The van der Waals surface area contributed by atoms with E-state index < -0.39 is 0 Å². The summed E-state index contributed by atoms with van der Waals surface area (Å²) >= 11 is 0. The topological polar surface area (TPSA) is 18.5 Å². The lowest BCUT2D eigenvalue weighted by Gasteiger charge is -2.13. The van der Waals surface area contributed by atoms with Crippen LogP contribution in [0.3, 0.4) is 0 Å². The molecular weight excluding hydrogens is 296 g/mol. The van der Waals surface area contributed by atoms with E-state index in [0.717, 1.165) is 30.3 Å². The third kappa shape index (κ3) is 6.27. The molecule has 0 atom stereocenters. The van der Waals surface area contributed by atoms with Crippen LogP contribution in [0, 0.1) is 12.8 Å². The highest BCUT2D eigenvalue weighted by molar-refractivity contribution is 5.28. The van der Waals surface area contributed by atoms with Gasteiger partial charge in [-0.2, -0.15) is 0 Å². The summed E-state index contributed by atoms with van der Waals surface area (Å²) < 4.78 is 11.5. The van der Waals surface area contributed by atoms with Crippen LogP contribution in [0.15, 0.2) is 48.5 Å². The summed E-state index contributed by atoms with van der Waals surface area (Å²) in [5, 5.41) is 0. The van der Waals surface area contributed by atoms with E-state index in [0.29, 0.717) is 13.2 Å². The number of rotatable bonds is 10. The molecular formula is C22H30O2. The second-order valence-corrected chi connectivity index (χ2v) is 6.40. The molecule has 0 saturated carbocycles. The van der Waals surface area contributed by atoms with Gasteiger partial charge in [0, 0.05) is 6.42 Å². The van der Waals surface area contributed by atoms with Crippen molar-refractivity contribution in [3.63, 3.8) is 0 Å². The highest BCUT2D eigenvalue weighted by Crippen LogP contribution is 2.19. The summed E-state index contributed by atoms with van der Waals surface area (Å²) in [5.74, 6) is 2.66. The molecule has 0 N–H and O–H groups in total. The molecule has 0 amide bonds. The molecule has 130 valence electrons. The van der Waals surface area contributed by atoms with Gasteiger partial charge < -0.3 is 9.47 Å². The summed E-state index contributed by atoms with van der Waals surface area (Å²) in [6.07, 6.45) is 4.53. The van der Waals surface area contributed by atoms with E-state index >= 15 is 0 Å². The standard InChI is InChI=1S/C22H30O2/c1-4-19(5-2)17-20-10-12-21(13-11-20)23-14-7-15-24-22-9-6-8-18(3)16-22/h6,8-13,16,19H,4-5,7,14-15,17H2,1-3H3. The van der Waals surface area contributed by atoms with Crippen molar-refractivity contribution >= 4 is 0 Å². The molecule has 24 heavy (non-hydrogen) atoms. The molecule has 0 aliphatic rings. The van der Waals surface area contributed by atoms with Crippen molar-refractivity contribution in [3.8, 4) is 11.5 Å². The minimum atomic E-state index is 0.677. The number of hydrogen-bond donors (Lipinski definition) is 0. The smallest absolute Gasteiger partial charge is 0.119 e. The first-order valence-corrected chi connectivity index (χ1v) is 9.12. The average Bonchev–Trinajstić information content (AvgIpc) is 2.60. The third-order valence-electron chi connectivity index (χ3n) is 4.42. The van der Waals surface area contributed by atoms with Crippen molar-refractivity contribution in [3.05, 3.63) is 59.7 Å². The van der Waals surface area contributed by atoms with Crippen molar-refractivity contribution in [1.29, 1.82) is 0 Å². The van der Waals surface area contributed by atoms with Gasteiger partial charge in [0.2, 0.25) is 0 Å². The summed E-state index contributed by atoms with van der Waals surface area (Å²) in [6.45, 7) is 7.96. The molecule has 0 aliphatic heterocycles. The number of benzene rings is 2. The quantitative estimate of drug-likeness (QED) is 0.512. The summed E-state index contributed by atoms with van der Waals surface area (Å²) in [6, 6.07) is 16.7. The molecule has 2 aromatic carbocycles. The molecule has 0 unspecified atom stereocenters. The average molecular weight is 326 g/mol. The molecule has 0 radical (unpaired) electrons. The zero-order valence-electron chi connectivity index (χ0n) is 15.3. The monoisotopic (exact) mass is 326 g/mol. The summed E-state index contributed by atoms with van der Waals surface area (Å²) in [7, 11) is 0. The molecule has 0 spiro atoms. The normalized spacial score (nSPS) is 10.8. The second-order valence-electron chi connectivity index (χ2n) is 6.40. The van der Waals surface area contributed by atoms with Crippen LogP contribution in [0.4, 0.5) is 0 Å². The van der Waals surface area contributed by atoms with Crippen LogP contribution in [-0.4, -0.2) is 13.2 Å². The van der Waals surface area contributed by atoms with Crippen LogP contribution in [0.25, 0.3) is 0 Å². The van der Waals surface area contributed by atoms with E-state index in [1.54, 1.807) is 0 Å². The Morgan fingerprint density at radius 2 is 1.50 bits per heavy atom. The van der Waals surface area contributed by atoms with Crippen molar-refractivity contribution in [2.24, 2.45) is 5.92 Å². The molecule has 0 aromatic heterocycles. The predicted octanol–water partition coefficient (Wildman–Crippen LogP) is 5.82. The first-order chi connectivity index (χ1) is 11.7. The minimum Gasteiger partial charge on any atom is -0.493 e. The van der Waals surface area contributed by atoms with E-state index in [1.165, 1.54) is 24.0 Å². The Morgan fingerprint density at radius 3 is 2.12 bits per heavy atom. The fraction of sp³-hybridized carbons (Fsp3) is 0.455. The number of ether oxygens (including phenoxy) is 2. The highest BCUT2D eigenvalue weighted by Gasteiger charge is 2.05. The van der Waals surface area contributed by atoms with Gasteiger partial charge >= 0.3 is 0 Å². The van der Waals surface area contributed by atoms with Crippen molar-refractivity contribution in [2.45, 2.75) is 46.5 Å². The summed E-state index contributed by atoms with van der Waals surface area (Å²) in [4.78, 5) is 0. The Bertz CT molecular complexity index is 585. The van der Waals surface area contributed by atoms with Crippen LogP contribution in [-0.2, 0) is 6.42 Å². The van der Waals surface area contributed by atoms with E-state index in [9.17, 15) is 0 Å². The van der Waals surface area contributed by atoms with Crippen LogP contribution in [0.5, 0.6) is 11.5 Å². The van der Waals surface area contributed by atoms with Crippen LogP contribution in [0.1, 0.15) is 44.2 Å². The third-order valence-corrected chi connectivity index (χ3v) is 4.42. The van der Waals surface area contributed by atoms with Crippen molar-refractivity contribution in [2.75, 3.05) is 13.2 Å². The first kappa shape index (κ1) is 18.4. The SMILES string of the molecule is CCC(CC)Cc1ccc(OCCCOc2cccc(C)c2)cc1. The predicted molar refractivity (Wildman–Crippen MR) is 101 cm³/mol. The number of aryl methyl sites for hydroxylation is 1. The maximum atomic E-state index is 5.80. The molecule has 0 bridgehead atoms. The zero-order valence-corrected chi connectivity index (χ0v) is 15.3. The fourth-order valence-electron chi connectivity index (χ4n) is 2.78. The van der Waals surface area contributed by atoms with Gasteiger partial charge in [0.15, 0.2) is 0 Å². The second kappa shape index (κ2) is 10.0. The van der Waals surface area contributed by atoms with Gasteiger partial charge in [-0.25, -0.2) is 0 Å². The minimum absolute atomic E-state index is 0.677. The molecule has 2 rings (SSSR count). The van der Waals surface area contributed by atoms with E-state index in [4.69, 9.17) is 9.47 Å². The van der Waals surface area contributed by atoms with Gasteiger partial charge in [-0.1, -0.05) is 51.0 Å². The highest BCUT2D eigenvalue weighted by atomic mass is 16.5. The van der Waals surface area contributed by atoms with Gasteiger partial charge in [0.25, 0.3) is 0 Å². The molecule has 0 heterocycles. The lowest BCUT2D eigenvalue weighted by molar-refractivity contribution is 0.247. The van der Waals surface area contributed by atoms with Crippen LogP contribution >= 0.6 is 0 Å². The Kier molecular flexibility index (Phi) is 7.67. The van der Waals surface area contributed by atoms with E-state index in [2.05, 4.69) is 57.2 Å². The lowest BCUT2D eigenvalue weighted by Crippen LogP contribution is -2.05. The Morgan fingerprint density at radius 1 is 0.833 bits per heavy atom. The Balaban J connectivity index is 1.67. The molecule has 0 aliphatic carbocycles. The largest absolute Gasteiger partial charge is 0.493 e. The van der Waals surface area contributed by atoms with E-state index in [1.807, 2.05) is 12.1 Å². The fourth-order valence-corrected chi connectivity index (χ4v) is 2.78. The molecule has 0 fully saturated rings. The Labute approximate surface area is 146 Å². The van der Waals surface area contributed by atoms with Crippen molar-refractivity contribution < 1.29 is 9.47 Å². The molecule has 2 aromatic rings. The molecule has 2 nitrogen and oxygen atoms in total. The van der Waals surface area contributed by atoms with Crippen LogP contribution in [0.2, 0.25) is 0 Å². The molecule has 2 heteroatoms. The van der Waals surface area contributed by atoms with Gasteiger partial charge in [0.1, 0.15) is 11.5 Å². The first-order valence-electron chi connectivity index (χ1n) is 9.12. The van der Waals surface area contributed by atoms with Crippen molar-refractivity contribution in [1.82, 2.24) is 0 Å². The zero-order chi connectivity index (χ0) is 17.2. The van der Waals surface area contributed by atoms with Gasteiger partial charge in [-0.3, -0.25) is 0 Å². The van der Waals surface area contributed by atoms with Gasteiger partial charge in [-0.15, -0.1) is 0 Å². The van der Waals surface area contributed by atoms with E-state index in [-0.39, 0.29) is 0 Å². The summed E-state index contributed by atoms with van der Waals surface area (Å²) in [5.41, 5.74) is 2.62. The van der Waals surface area contributed by atoms with Gasteiger partial charge in [-0.05, 0) is 54.7 Å². The lowest BCUT2D eigenvalue weighted by atomic mass is 9.95.